The van der Waals surface area contributed by atoms with Gasteiger partial charge in [-0.3, -0.25) is 0 Å². The third-order valence-electron chi connectivity index (χ3n) is 4.34. The van der Waals surface area contributed by atoms with Crippen molar-refractivity contribution in [2.45, 2.75) is 32.1 Å². The SMILES string of the molecule is Cc1cc(C)c(-c2c(O)cc(CCSc3ccc(I)cc3)oc2=O)c(C)c1. The Morgan fingerprint density at radius 1 is 1.00 bits per heavy atom. The first-order valence-electron chi connectivity index (χ1n) is 8.67. The first-order valence-corrected chi connectivity index (χ1v) is 10.7. The number of aromatic hydroxyl groups is 1. The average Bonchev–Trinajstić information content (AvgIpc) is 2.58. The number of halogens is 1. The molecule has 0 saturated carbocycles. The van der Waals surface area contributed by atoms with Gasteiger partial charge in [0.15, 0.2) is 0 Å². The summed E-state index contributed by atoms with van der Waals surface area (Å²) in [6, 6.07) is 13.9. The molecule has 0 spiro atoms. The highest BCUT2D eigenvalue weighted by atomic mass is 127. The van der Waals surface area contributed by atoms with Gasteiger partial charge in [0, 0.05) is 26.7 Å². The van der Waals surface area contributed by atoms with Gasteiger partial charge in [-0.15, -0.1) is 11.8 Å². The lowest BCUT2D eigenvalue weighted by atomic mass is 9.94. The smallest absolute Gasteiger partial charge is 0.347 e. The summed E-state index contributed by atoms with van der Waals surface area (Å²) in [4.78, 5) is 13.8. The van der Waals surface area contributed by atoms with Gasteiger partial charge in [-0.05, 0) is 84.3 Å². The highest BCUT2D eigenvalue weighted by Gasteiger charge is 2.17. The van der Waals surface area contributed by atoms with Crippen LogP contribution in [0.1, 0.15) is 22.5 Å². The zero-order valence-electron chi connectivity index (χ0n) is 15.5. The zero-order chi connectivity index (χ0) is 19.6. The molecule has 1 heterocycles. The van der Waals surface area contributed by atoms with Gasteiger partial charge in [0.1, 0.15) is 17.1 Å². The predicted octanol–water partition coefficient (Wildman–Crippen LogP) is 5.88. The number of benzene rings is 2. The molecule has 0 fully saturated rings. The van der Waals surface area contributed by atoms with E-state index >= 15 is 0 Å². The summed E-state index contributed by atoms with van der Waals surface area (Å²) in [6.45, 7) is 5.90. The maximum atomic E-state index is 12.6. The minimum atomic E-state index is -0.487. The molecule has 3 nitrogen and oxygen atoms in total. The third kappa shape index (κ3) is 4.76. The van der Waals surface area contributed by atoms with Crippen molar-refractivity contribution in [1.82, 2.24) is 0 Å². The standard InChI is InChI=1S/C22H21IO3S/c1-13-10-14(2)20(15(3)11-13)21-19(24)12-17(26-22(21)25)8-9-27-18-6-4-16(23)5-7-18/h4-7,10-12,24H,8-9H2,1-3H3. The number of thioether (sulfide) groups is 1. The molecule has 5 heteroatoms. The Hall–Kier alpha value is -1.73. The number of hydrogen-bond donors (Lipinski definition) is 1. The lowest BCUT2D eigenvalue weighted by molar-refractivity contribution is 0.430. The van der Waals surface area contributed by atoms with Crippen molar-refractivity contribution in [2.24, 2.45) is 0 Å². The zero-order valence-corrected chi connectivity index (χ0v) is 18.5. The van der Waals surface area contributed by atoms with Gasteiger partial charge in [-0.25, -0.2) is 4.79 Å². The van der Waals surface area contributed by atoms with Crippen LogP contribution in [-0.4, -0.2) is 10.9 Å². The molecule has 0 aliphatic heterocycles. The van der Waals surface area contributed by atoms with Gasteiger partial charge in [0.2, 0.25) is 0 Å². The predicted molar refractivity (Wildman–Crippen MR) is 120 cm³/mol. The summed E-state index contributed by atoms with van der Waals surface area (Å²) in [5.74, 6) is 1.25. The molecule has 1 aromatic heterocycles. The summed E-state index contributed by atoms with van der Waals surface area (Å²) in [6.07, 6.45) is 0.575. The van der Waals surface area contributed by atoms with E-state index in [9.17, 15) is 9.90 Å². The normalized spacial score (nSPS) is 11.0. The summed E-state index contributed by atoms with van der Waals surface area (Å²) in [5, 5.41) is 10.5. The van der Waals surface area contributed by atoms with E-state index in [1.165, 1.54) is 8.47 Å². The molecule has 0 atom stereocenters. The molecule has 0 saturated heterocycles. The summed E-state index contributed by atoms with van der Waals surface area (Å²) < 4.78 is 6.71. The fourth-order valence-corrected chi connectivity index (χ4v) is 4.48. The second kappa shape index (κ2) is 8.52. The van der Waals surface area contributed by atoms with Gasteiger partial charge in [0.25, 0.3) is 0 Å². The number of rotatable bonds is 5. The highest BCUT2D eigenvalue weighted by molar-refractivity contribution is 14.1. The third-order valence-corrected chi connectivity index (χ3v) is 6.07. The Morgan fingerprint density at radius 2 is 1.63 bits per heavy atom. The molecule has 1 N–H and O–H groups in total. The van der Waals surface area contributed by atoms with Gasteiger partial charge in [-0.2, -0.15) is 0 Å². The van der Waals surface area contributed by atoms with E-state index in [0.29, 0.717) is 12.2 Å². The van der Waals surface area contributed by atoms with Crippen LogP contribution in [0.15, 0.2) is 56.6 Å². The minimum Gasteiger partial charge on any atom is -0.507 e. The van der Waals surface area contributed by atoms with Crippen LogP contribution in [0.25, 0.3) is 11.1 Å². The molecular weight excluding hydrogens is 471 g/mol. The molecule has 0 amide bonds. The van der Waals surface area contributed by atoms with Gasteiger partial charge >= 0.3 is 5.63 Å². The van der Waals surface area contributed by atoms with Crippen molar-refractivity contribution in [3.63, 3.8) is 0 Å². The first-order chi connectivity index (χ1) is 12.8. The van der Waals surface area contributed by atoms with Crippen molar-refractivity contribution in [3.8, 4) is 16.9 Å². The van der Waals surface area contributed by atoms with Gasteiger partial charge in [0.05, 0.1) is 0 Å². The molecule has 0 aliphatic rings. The molecule has 2 aromatic carbocycles. The van der Waals surface area contributed by atoms with Crippen LogP contribution in [0.5, 0.6) is 5.75 Å². The molecule has 140 valence electrons. The van der Waals surface area contributed by atoms with E-state index in [4.69, 9.17) is 4.42 Å². The summed E-state index contributed by atoms with van der Waals surface area (Å²) in [5.41, 5.74) is 3.56. The van der Waals surface area contributed by atoms with Gasteiger partial charge < -0.3 is 9.52 Å². The minimum absolute atomic E-state index is 0.0180. The first kappa shape index (κ1) is 20.0. The van der Waals surface area contributed by atoms with Crippen molar-refractivity contribution < 1.29 is 9.52 Å². The van der Waals surface area contributed by atoms with Crippen LogP contribution < -0.4 is 5.63 Å². The molecule has 3 aromatic rings. The topological polar surface area (TPSA) is 50.4 Å². The Labute approximate surface area is 177 Å². The fraction of sp³-hybridized carbons (Fsp3) is 0.227. The molecule has 0 bridgehead atoms. The molecule has 27 heavy (non-hydrogen) atoms. The number of aryl methyl sites for hydroxylation is 4. The van der Waals surface area contributed by atoms with Crippen LogP contribution in [0.3, 0.4) is 0 Å². The van der Waals surface area contributed by atoms with Crippen molar-refractivity contribution in [2.75, 3.05) is 5.75 Å². The van der Waals surface area contributed by atoms with Crippen LogP contribution in [-0.2, 0) is 6.42 Å². The van der Waals surface area contributed by atoms with Crippen LogP contribution in [0, 0.1) is 24.3 Å². The van der Waals surface area contributed by atoms with Crippen molar-refractivity contribution in [1.29, 1.82) is 0 Å². The summed E-state index contributed by atoms with van der Waals surface area (Å²) in [7, 11) is 0. The van der Waals surface area contributed by atoms with E-state index in [0.717, 1.165) is 28.0 Å². The van der Waals surface area contributed by atoms with Gasteiger partial charge in [-0.1, -0.05) is 17.7 Å². The quantitative estimate of drug-likeness (QED) is 0.357. The maximum absolute atomic E-state index is 12.6. The van der Waals surface area contributed by atoms with E-state index in [1.807, 2.05) is 32.9 Å². The molecule has 0 unspecified atom stereocenters. The number of hydrogen-bond acceptors (Lipinski definition) is 4. The summed E-state index contributed by atoms with van der Waals surface area (Å²) >= 11 is 3.97. The van der Waals surface area contributed by atoms with E-state index in [2.05, 4.69) is 46.9 Å². The van der Waals surface area contributed by atoms with E-state index < -0.39 is 5.63 Å². The Balaban J connectivity index is 1.81. The molecule has 3 rings (SSSR count). The van der Waals surface area contributed by atoms with Crippen LogP contribution in [0.2, 0.25) is 0 Å². The van der Waals surface area contributed by atoms with Crippen molar-refractivity contribution in [3.05, 3.63) is 78.9 Å². The second-order valence-electron chi connectivity index (χ2n) is 6.59. The lowest BCUT2D eigenvalue weighted by Gasteiger charge is -2.12. The van der Waals surface area contributed by atoms with Crippen molar-refractivity contribution >= 4 is 34.4 Å². The second-order valence-corrected chi connectivity index (χ2v) is 9.00. The fourth-order valence-electron chi connectivity index (χ4n) is 3.26. The van der Waals surface area contributed by atoms with E-state index in [1.54, 1.807) is 17.8 Å². The Morgan fingerprint density at radius 3 is 2.22 bits per heavy atom. The molecule has 0 radical (unpaired) electrons. The largest absolute Gasteiger partial charge is 0.507 e. The van der Waals surface area contributed by atoms with Crippen LogP contribution >= 0.6 is 34.4 Å². The maximum Gasteiger partial charge on any atom is 0.347 e. The molecule has 0 aliphatic carbocycles. The Bertz CT molecular complexity index is 1000. The molecular formula is C22H21IO3S. The van der Waals surface area contributed by atoms with Crippen LogP contribution in [0.4, 0.5) is 0 Å². The van der Waals surface area contributed by atoms with E-state index in [-0.39, 0.29) is 11.3 Å². The monoisotopic (exact) mass is 492 g/mol. The lowest BCUT2D eigenvalue weighted by Crippen LogP contribution is -2.08. The highest BCUT2D eigenvalue weighted by Crippen LogP contribution is 2.33. The Kier molecular flexibility index (Phi) is 6.32. The average molecular weight is 492 g/mol.